The Bertz CT molecular complexity index is 785. The lowest BCUT2D eigenvalue weighted by Crippen LogP contribution is -2.60. The van der Waals surface area contributed by atoms with E-state index in [1.807, 2.05) is 0 Å². The van der Waals surface area contributed by atoms with Gasteiger partial charge in [0.25, 0.3) is 5.91 Å². The summed E-state index contributed by atoms with van der Waals surface area (Å²) in [6.45, 7) is 2.32. The quantitative estimate of drug-likeness (QED) is 0.858. The second-order valence-electron chi connectivity index (χ2n) is 7.97. The van der Waals surface area contributed by atoms with Gasteiger partial charge >= 0.3 is 0 Å². The van der Waals surface area contributed by atoms with E-state index in [0.717, 1.165) is 12.8 Å². The third-order valence-electron chi connectivity index (χ3n) is 6.54. The van der Waals surface area contributed by atoms with E-state index in [0.29, 0.717) is 18.0 Å². The van der Waals surface area contributed by atoms with Crippen molar-refractivity contribution >= 4 is 11.8 Å². The fraction of sp³-hybridized carbons (Fsp3) is 0.600. The molecular formula is C20H25FN2O4. The molecule has 1 heterocycles. The highest BCUT2D eigenvalue weighted by Crippen LogP contribution is 2.69. The number of carbonyl (C=O) groups excluding carboxylic acids is 2. The van der Waals surface area contributed by atoms with Crippen LogP contribution in [-0.4, -0.2) is 72.2 Å². The molecule has 1 aliphatic heterocycles. The normalized spacial score (nSPS) is 31.9. The van der Waals surface area contributed by atoms with Crippen molar-refractivity contribution in [2.75, 3.05) is 33.4 Å². The van der Waals surface area contributed by atoms with Crippen molar-refractivity contribution in [1.29, 1.82) is 0 Å². The molecule has 3 aliphatic rings. The molecule has 2 saturated carbocycles. The largest absolute Gasteiger partial charge is 0.394 e. The number of amides is 2. The van der Waals surface area contributed by atoms with Gasteiger partial charge in [0.2, 0.25) is 5.91 Å². The smallest absolute Gasteiger partial charge is 0.257 e. The molecule has 1 unspecified atom stereocenters. The molecule has 1 aromatic rings. The summed E-state index contributed by atoms with van der Waals surface area (Å²) in [7, 11) is 1.67. The summed E-state index contributed by atoms with van der Waals surface area (Å²) in [6.07, 6.45) is 1.79. The fourth-order valence-corrected chi connectivity index (χ4v) is 4.72. The minimum atomic E-state index is -0.530. The Morgan fingerprint density at radius 1 is 1.33 bits per heavy atom. The fourth-order valence-electron chi connectivity index (χ4n) is 4.72. The minimum Gasteiger partial charge on any atom is -0.394 e. The molecule has 6 nitrogen and oxygen atoms in total. The van der Waals surface area contributed by atoms with E-state index in [1.54, 1.807) is 31.1 Å². The number of rotatable bonds is 4. The molecule has 1 saturated heterocycles. The van der Waals surface area contributed by atoms with Crippen LogP contribution >= 0.6 is 0 Å². The Balaban J connectivity index is 1.45. The number of hydrogen-bond acceptors (Lipinski definition) is 4. The van der Waals surface area contributed by atoms with Crippen molar-refractivity contribution < 1.29 is 23.8 Å². The van der Waals surface area contributed by atoms with Gasteiger partial charge in [0.1, 0.15) is 5.82 Å². The summed E-state index contributed by atoms with van der Waals surface area (Å²) in [4.78, 5) is 29.0. The average molecular weight is 376 g/mol. The maximum atomic E-state index is 14.3. The number of aliphatic hydroxyl groups is 1. The van der Waals surface area contributed by atoms with Crippen LogP contribution in [0.25, 0.3) is 0 Å². The third kappa shape index (κ3) is 2.75. The molecule has 27 heavy (non-hydrogen) atoms. The molecule has 2 aliphatic carbocycles. The molecule has 0 spiro atoms. The number of fused-ring (bicyclic) bond motifs is 1. The van der Waals surface area contributed by atoms with Crippen molar-refractivity contribution in [2.24, 2.45) is 11.3 Å². The summed E-state index contributed by atoms with van der Waals surface area (Å²) >= 11 is 0. The Morgan fingerprint density at radius 2 is 2.11 bits per heavy atom. The first-order chi connectivity index (χ1) is 12.9. The zero-order valence-electron chi connectivity index (χ0n) is 15.7. The lowest BCUT2D eigenvalue weighted by molar-refractivity contribution is -0.148. The number of carbonyl (C=O) groups is 2. The number of benzene rings is 1. The number of piperazine rings is 1. The van der Waals surface area contributed by atoms with E-state index in [-0.39, 0.29) is 42.7 Å². The average Bonchev–Trinajstić information content (AvgIpc) is 3.28. The number of aliphatic hydroxyl groups excluding tert-OH is 1. The highest BCUT2D eigenvalue weighted by molar-refractivity contribution is 5.95. The Labute approximate surface area is 157 Å². The second-order valence-corrected chi connectivity index (χ2v) is 7.97. The van der Waals surface area contributed by atoms with E-state index in [9.17, 15) is 19.1 Å². The lowest BCUT2D eigenvalue weighted by Gasteiger charge is -2.44. The lowest BCUT2D eigenvalue weighted by atomic mass is 9.80. The van der Waals surface area contributed by atoms with Crippen LogP contribution in [0.15, 0.2) is 18.2 Å². The van der Waals surface area contributed by atoms with Crippen LogP contribution in [0.1, 0.15) is 28.8 Å². The van der Waals surface area contributed by atoms with Crippen LogP contribution in [0, 0.1) is 24.1 Å². The van der Waals surface area contributed by atoms with Crippen LogP contribution < -0.4 is 0 Å². The molecule has 146 valence electrons. The van der Waals surface area contributed by atoms with Crippen LogP contribution in [0.4, 0.5) is 4.39 Å². The first-order valence-electron chi connectivity index (χ1n) is 9.42. The van der Waals surface area contributed by atoms with E-state index in [2.05, 4.69) is 0 Å². The number of methoxy groups -OCH3 is 1. The number of hydrogen-bond donors (Lipinski definition) is 1. The maximum absolute atomic E-state index is 14.3. The molecule has 4 atom stereocenters. The standard InChI is InChI=1S/C20H25FN2O4/c1-12-4-3-5-14(17(12)21)18(25)23-7-6-22(10-13(23)11-24)19(26)20-8-15(20)16(9-20)27-2/h3-5,13,15-16,24H,6-11H2,1-2H3/t13?,15-,16+,20-/m0/s1. The van der Waals surface area contributed by atoms with Gasteiger partial charge in [0, 0.05) is 32.7 Å². The Hall–Kier alpha value is -1.99. The third-order valence-corrected chi connectivity index (χ3v) is 6.54. The first kappa shape index (κ1) is 18.4. The van der Waals surface area contributed by atoms with Crippen LogP contribution in [0.2, 0.25) is 0 Å². The summed E-state index contributed by atoms with van der Waals surface area (Å²) in [6, 6.07) is 4.20. The van der Waals surface area contributed by atoms with Gasteiger partial charge in [-0.1, -0.05) is 12.1 Å². The van der Waals surface area contributed by atoms with Crippen molar-refractivity contribution in [3.63, 3.8) is 0 Å². The highest BCUT2D eigenvalue weighted by Gasteiger charge is 2.72. The van der Waals surface area contributed by atoms with E-state index < -0.39 is 17.8 Å². The van der Waals surface area contributed by atoms with Gasteiger partial charge in [-0.05, 0) is 31.4 Å². The minimum absolute atomic E-state index is 0.0102. The Kier molecular flexibility index (Phi) is 4.47. The monoisotopic (exact) mass is 376 g/mol. The number of halogens is 1. The van der Waals surface area contributed by atoms with Crippen LogP contribution in [-0.2, 0) is 9.53 Å². The summed E-state index contributed by atoms with van der Waals surface area (Å²) in [5.74, 6) is -0.554. The van der Waals surface area contributed by atoms with Gasteiger partial charge in [-0.3, -0.25) is 9.59 Å². The zero-order valence-corrected chi connectivity index (χ0v) is 15.7. The van der Waals surface area contributed by atoms with Gasteiger partial charge < -0.3 is 19.6 Å². The van der Waals surface area contributed by atoms with Gasteiger partial charge in [0.15, 0.2) is 0 Å². The predicted octanol–water partition coefficient (Wildman–Crippen LogP) is 1.20. The molecular weight excluding hydrogens is 351 g/mol. The predicted molar refractivity (Wildman–Crippen MR) is 95.6 cm³/mol. The number of aryl methyl sites for hydroxylation is 1. The van der Waals surface area contributed by atoms with Crippen molar-refractivity contribution in [3.05, 3.63) is 35.1 Å². The zero-order chi connectivity index (χ0) is 19.3. The highest BCUT2D eigenvalue weighted by atomic mass is 19.1. The summed E-state index contributed by atoms with van der Waals surface area (Å²) in [5.41, 5.74) is 0.137. The molecule has 1 aromatic carbocycles. The van der Waals surface area contributed by atoms with E-state index in [4.69, 9.17) is 4.74 Å². The second kappa shape index (κ2) is 6.56. The van der Waals surface area contributed by atoms with E-state index >= 15 is 0 Å². The van der Waals surface area contributed by atoms with Gasteiger partial charge in [0.05, 0.1) is 29.7 Å². The first-order valence-corrected chi connectivity index (χ1v) is 9.42. The van der Waals surface area contributed by atoms with Crippen LogP contribution in [0.5, 0.6) is 0 Å². The number of ether oxygens (including phenoxy) is 1. The molecule has 1 N–H and O–H groups in total. The van der Waals surface area contributed by atoms with Crippen LogP contribution in [0.3, 0.4) is 0 Å². The molecule has 0 radical (unpaired) electrons. The molecule has 0 aromatic heterocycles. The summed E-state index contributed by atoms with van der Waals surface area (Å²) < 4.78 is 19.7. The molecule has 0 bridgehead atoms. The van der Waals surface area contributed by atoms with Gasteiger partial charge in [-0.2, -0.15) is 0 Å². The molecule has 7 heteroatoms. The maximum Gasteiger partial charge on any atom is 0.257 e. The van der Waals surface area contributed by atoms with Crippen molar-refractivity contribution in [1.82, 2.24) is 9.80 Å². The summed E-state index contributed by atoms with van der Waals surface area (Å²) in [5, 5.41) is 9.80. The van der Waals surface area contributed by atoms with Gasteiger partial charge in [-0.15, -0.1) is 0 Å². The molecule has 2 amide bonds. The topological polar surface area (TPSA) is 70.1 Å². The molecule has 3 fully saturated rings. The SMILES string of the molecule is CO[C@@H]1C[C@@]2(C(=O)N3CCN(C(=O)c4cccc(C)c4F)C(CO)C3)C[C@@H]12. The van der Waals surface area contributed by atoms with E-state index in [1.165, 1.54) is 11.0 Å². The Morgan fingerprint density at radius 3 is 2.78 bits per heavy atom. The van der Waals surface area contributed by atoms with Crippen molar-refractivity contribution in [2.45, 2.75) is 31.9 Å². The number of nitrogens with zero attached hydrogens (tertiary/aromatic N) is 2. The molecule has 4 rings (SSSR count). The van der Waals surface area contributed by atoms with Crippen molar-refractivity contribution in [3.8, 4) is 0 Å². The van der Waals surface area contributed by atoms with Gasteiger partial charge in [-0.25, -0.2) is 4.39 Å².